The van der Waals surface area contributed by atoms with Gasteiger partial charge in [-0.2, -0.15) is 0 Å². The fraction of sp³-hybridized carbons (Fsp3) is 0.160. The molecule has 0 atom stereocenters. The maximum Gasteiger partial charge on any atom is 0.261 e. The molecule has 0 aliphatic heterocycles. The summed E-state index contributed by atoms with van der Waals surface area (Å²) in [6.45, 7) is 3.29. The zero-order valence-electron chi connectivity index (χ0n) is 18.2. The molecule has 0 spiro atoms. The number of ether oxygens (including phenoxy) is 2. The van der Waals surface area contributed by atoms with Crippen molar-refractivity contribution < 1.29 is 19.1 Å². The number of para-hydroxylation sites is 1. The molecule has 2 amide bonds. The second-order valence-electron chi connectivity index (χ2n) is 6.85. The molecule has 3 N–H and O–H groups in total. The molecular weight excluding hydrogens is 438 g/mol. The molecular formula is C25H25N3O4S. The van der Waals surface area contributed by atoms with Crippen LogP contribution < -0.4 is 20.7 Å². The van der Waals surface area contributed by atoms with Crippen molar-refractivity contribution in [1.29, 1.82) is 0 Å². The predicted octanol–water partition coefficient (Wildman–Crippen LogP) is 4.48. The number of benzene rings is 3. The van der Waals surface area contributed by atoms with Crippen LogP contribution in [0.5, 0.6) is 5.75 Å². The van der Waals surface area contributed by atoms with Crippen molar-refractivity contribution in [2.75, 3.05) is 30.5 Å². The highest BCUT2D eigenvalue weighted by atomic mass is 32.1. The lowest BCUT2D eigenvalue weighted by molar-refractivity contribution is 0.0958. The Bertz CT molecular complexity index is 1090. The van der Waals surface area contributed by atoms with Gasteiger partial charge in [0.15, 0.2) is 5.11 Å². The molecule has 8 heteroatoms. The zero-order valence-corrected chi connectivity index (χ0v) is 19.0. The quantitative estimate of drug-likeness (QED) is 0.320. The van der Waals surface area contributed by atoms with E-state index < -0.39 is 0 Å². The topological polar surface area (TPSA) is 88.7 Å². The van der Waals surface area contributed by atoms with Crippen LogP contribution in [0.25, 0.3) is 0 Å². The second-order valence-corrected chi connectivity index (χ2v) is 7.26. The van der Waals surface area contributed by atoms with Gasteiger partial charge < -0.3 is 20.1 Å². The molecule has 0 aliphatic rings. The van der Waals surface area contributed by atoms with Crippen molar-refractivity contribution in [1.82, 2.24) is 5.32 Å². The van der Waals surface area contributed by atoms with Crippen LogP contribution in [-0.4, -0.2) is 36.7 Å². The third kappa shape index (κ3) is 7.41. The third-order valence-corrected chi connectivity index (χ3v) is 4.69. The van der Waals surface area contributed by atoms with Crippen molar-refractivity contribution >= 4 is 40.5 Å². The van der Waals surface area contributed by atoms with E-state index in [4.69, 9.17) is 21.7 Å². The number of rotatable bonds is 9. The molecule has 0 bridgehead atoms. The lowest BCUT2D eigenvalue weighted by atomic mass is 10.2. The van der Waals surface area contributed by atoms with Gasteiger partial charge >= 0.3 is 0 Å². The molecule has 0 saturated heterocycles. The highest BCUT2D eigenvalue weighted by Gasteiger charge is 2.14. The van der Waals surface area contributed by atoms with Crippen LogP contribution in [0.2, 0.25) is 0 Å². The Morgan fingerprint density at radius 1 is 0.788 bits per heavy atom. The summed E-state index contributed by atoms with van der Waals surface area (Å²) in [4.78, 5) is 24.9. The minimum Gasteiger partial charge on any atom is -0.490 e. The second kappa shape index (κ2) is 12.3. The smallest absolute Gasteiger partial charge is 0.261 e. The van der Waals surface area contributed by atoms with Crippen molar-refractivity contribution in [2.45, 2.75) is 6.92 Å². The summed E-state index contributed by atoms with van der Waals surface area (Å²) in [7, 11) is 0. The first kappa shape index (κ1) is 23.9. The number of hydrogen-bond donors (Lipinski definition) is 3. The number of anilines is 2. The fourth-order valence-corrected chi connectivity index (χ4v) is 3.11. The van der Waals surface area contributed by atoms with Gasteiger partial charge in [0.1, 0.15) is 12.4 Å². The molecule has 0 radical (unpaired) electrons. The van der Waals surface area contributed by atoms with Crippen molar-refractivity contribution in [3.8, 4) is 5.75 Å². The Balaban J connectivity index is 1.53. The molecule has 3 aromatic rings. The molecule has 0 aromatic heterocycles. The van der Waals surface area contributed by atoms with E-state index in [0.29, 0.717) is 48.1 Å². The van der Waals surface area contributed by atoms with Crippen molar-refractivity contribution in [3.05, 3.63) is 90.0 Å². The van der Waals surface area contributed by atoms with E-state index in [1.54, 1.807) is 60.7 Å². The molecule has 0 unspecified atom stereocenters. The van der Waals surface area contributed by atoms with Gasteiger partial charge in [-0.1, -0.05) is 30.3 Å². The molecule has 170 valence electrons. The van der Waals surface area contributed by atoms with E-state index in [2.05, 4.69) is 16.0 Å². The average molecular weight is 464 g/mol. The summed E-state index contributed by atoms with van der Waals surface area (Å²) >= 11 is 5.27. The first-order valence-electron chi connectivity index (χ1n) is 10.4. The van der Waals surface area contributed by atoms with E-state index in [0.717, 1.165) is 0 Å². The minimum atomic E-state index is -0.383. The number of carbonyl (C=O) groups excluding carboxylic acids is 2. The summed E-state index contributed by atoms with van der Waals surface area (Å²) in [5.74, 6) is -0.122. The van der Waals surface area contributed by atoms with Crippen LogP contribution in [0.4, 0.5) is 11.4 Å². The Kier molecular flexibility index (Phi) is 8.93. The maximum atomic E-state index is 12.7. The highest BCUT2D eigenvalue weighted by molar-refractivity contribution is 7.80. The first-order chi connectivity index (χ1) is 16.1. The standard InChI is InChI=1S/C25H25N3O4S/c1-2-31-16-17-32-22-11-7-6-10-21(22)24(30)28-25(33)27-20-14-12-19(13-15-20)26-23(29)18-8-4-3-5-9-18/h3-15H,2,16-17H2,1H3,(H,26,29)(H2,27,28,30,33). The zero-order chi connectivity index (χ0) is 23.5. The van der Waals surface area contributed by atoms with Crippen LogP contribution in [0.3, 0.4) is 0 Å². The van der Waals surface area contributed by atoms with Crippen LogP contribution in [-0.2, 0) is 4.74 Å². The molecule has 3 aromatic carbocycles. The number of amides is 2. The molecule has 0 fully saturated rings. The van der Waals surface area contributed by atoms with Crippen molar-refractivity contribution in [3.63, 3.8) is 0 Å². The average Bonchev–Trinajstić information content (AvgIpc) is 2.84. The summed E-state index contributed by atoms with van der Waals surface area (Å²) in [5, 5.41) is 8.59. The van der Waals surface area contributed by atoms with Gasteiger partial charge in [-0.3, -0.25) is 14.9 Å². The normalized spacial score (nSPS) is 10.2. The van der Waals surface area contributed by atoms with Gasteiger partial charge in [-0.25, -0.2) is 0 Å². The van der Waals surface area contributed by atoms with Gasteiger partial charge in [-0.05, 0) is 67.7 Å². The van der Waals surface area contributed by atoms with E-state index in [1.807, 2.05) is 25.1 Å². The number of hydrogen-bond acceptors (Lipinski definition) is 5. The number of thiocarbonyl (C=S) groups is 1. The summed E-state index contributed by atoms with van der Waals surface area (Å²) < 4.78 is 10.9. The Hall–Kier alpha value is -3.75. The van der Waals surface area contributed by atoms with E-state index in [1.165, 1.54) is 0 Å². The van der Waals surface area contributed by atoms with Crippen LogP contribution in [0.1, 0.15) is 27.6 Å². The molecule has 0 heterocycles. The molecule has 3 rings (SSSR count). The summed E-state index contributed by atoms with van der Waals surface area (Å²) in [5.41, 5.74) is 2.25. The number of nitrogens with one attached hydrogen (secondary N) is 3. The molecule has 0 saturated carbocycles. The molecule has 7 nitrogen and oxygen atoms in total. The SMILES string of the molecule is CCOCCOc1ccccc1C(=O)NC(=S)Nc1ccc(NC(=O)c2ccccc2)cc1. The van der Waals surface area contributed by atoms with Gasteiger partial charge in [-0.15, -0.1) is 0 Å². The summed E-state index contributed by atoms with van der Waals surface area (Å²) in [6.07, 6.45) is 0. The maximum absolute atomic E-state index is 12.7. The fourth-order valence-electron chi connectivity index (χ4n) is 2.90. The highest BCUT2D eigenvalue weighted by Crippen LogP contribution is 2.18. The lowest BCUT2D eigenvalue weighted by Gasteiger charge is -2.13. The van der Waals surface area contributed by atoms with E-state index in [9.17, 15) is 9.59 Å². The lowest BCUT2D eigenvalue weighted by Crippen LogP contribution is -2.34. The third-order valence-electron chi connectivity index (χ3n) is 4.48. The van der Waals surface area contributed by atoms with Crippen LogP contribution in [0, 0.1) is 0 Å². The molecule has 0 aliphatic carbocycles. The van der Waals surface area contributed by atoms with Gasteiger partial charge in [0.05, 0.1) is 12.2 Å². The predicted molar refractivity (Wildman–Crippen MR) is 133 cm³/mol. The number of carbonyl (C=O) groups is 2. The largest absolute Gasteiger partial charge is 0.490 e. The minimum absolute atomic E-state index is 0.144. The monoisotopic (exact) mass is 463 g/mol. The van der Waals surface area contributed by atoms with Gasteiger partial charge in [0, 0.05) is 23.5 Å². The Morgan fingerprint density at radius 3 is 2.12 bits per heavy atom. The summed E-state index contributed by atoms with van der Waals surface area (Å²) in [6, 6.07) is 22.9. The van der Waals surface area contributed by atoms with E-state index >= 15 is 0 Å². The Labute approximate surface area is 198 Å². The van der Waals surface area contributed by atoms with Crippen LogP contribution in [0.15, 0.2) is 78.9 Å². The van der Waals surface area contributed by atoms with Gasteiger partial charge in [0.2, 0.25) is 0 Å². The van der Waals surface area contributed by atoms with E-state index in [-0.39, 0.29) is 16.9 Å². The van der Waals surface area contributed by atoms with Crippen LogP contribution >= 0.6 is 12.2 Å². The molecule has 33 heavy (non-hydrogen) atoms. The first-order valence-corrected chi connectivity index (χ1v) is 10.9. The van der Waals surface area contributed by atoms with Gasteiger partial charge in [0.25, 0.3) is 11.8 Å². The van der Waals surface area contributed by atoms with Crippen molar-refractivity contribution in [2.24, 2.45) is 0 Å². The Morgan fingerprint density at radius 2 is 1.42 bits per heavy atom.